The molecule has 0 aromatic heterocycles. The molecule has 0 radical (unpaired) electrons. The largest absolute Gasteiger partial charge is 0.395 e. The Morgan fingerprint density at radius 1 is 1.32 bits per heavy atom. The summed E-state index contributed by atoms with van der Waals surface area (Å²) in [4.78, 5) is 12.9. The average molecular weight is 280 g/mol. The lowest BCUT2D eigenvalue weighted by Crippen LogP contribution is -2.37. The Morgan fingerprint density at radius 2 is 1.95 bits per heavy atom. The van der Waals surface area contributed by atoms with Crippen LogP contribution in [0.25, 0.3) is 0 Å². The van der Waals surface area contributed by atoms with Gasteiger partial charge in [-0.1, -0.05) is 13.8 Å². The predicted molar refractivity (Wildman–Crippen MR) is 70.9 cm³/mol. The van der Waals surface area contributed by atoms with E-state index in [2.05, 4.69) is 13.8 Å². The Labute approximate surface area is 114 Å². The first-order valence-electron chi connectivity index (χ1n) is 6.79. The van der Waals surface area contributed by atoms with Crippen LogP contribution in [0, 0.1) is 11.8 Å². The van der Waals surface area contributed by atoms with Gasteiger partial charge in [0.1, 0.15) is 0 Å². The SMILES string of the molecule is CC(C)C(CCN)CCC(=O)N(CCO)CC(F)F. The molecule has 0 aliphatic rings. The minimum atomic E-state index is -2.57. The molecule has 0 aromatic carbocycles. The smallest absolute Gasteiger partial charge is 0.255 e. The standard InChI is InChI=1S/C13H26F2N2O2/c1-10(2)11(5-6-16)3-4-13(19)17(7-8-18)9-12(14)15/h10-12,18H,3-9,16H2,1-2H3. The Morgan fingerprint density at radius 3 is 2.37 bits per heavy atom. The lowest BCUT2D eigenvalue weighted by Gasteiger charge is -2.24. The molecule has 0 fully saturated rings. The number of aliphatic hydroxyl groups is 1. The first-order valence-corrected chi connectivity index (χ1v) is 6.79. The minimum absolute atomic E-state index is 0.0353. The van der Waals surface area contributed by atoms with Crippen LogP contribution in [0.2, 0.25) is 0 Å². The van der Waals surface area contributed by atoms with Crippen molar-refractivity contribution in [2.24, 2.45) is 17.6 Å². The number of aliphatic hydroxyl groups excluding tert-OH is 1. The van der Waals surface area contributed by atoms with E-state index in [1.807, 2.05) is 0 Å². The van der Waals surface area contributed by atoms with Crippen LogP contribution in [-0.2, 0) is 4.79 Å². The first-order chi connectivity index (χ1) is 8.92. The van der Waals surface area contributed by atoms with Crippen molar-refractivity contribution in [1.82, 2.24) is 4.90 Å². The van der Waals surface area contributed by atoms with Crippen molar-refractivity contribution in [2.75, 3.05) is 26.2 Å². The van der Waals surface area contributed by atoms with E-state index < -0.39 is 13.0 Å². The molecule has 0 aliphatic carbocycles. The molecule has 0 bridgehead atoms. The third-order valence-corrected chi connectivity index (χ3v) is 3.29. The van der Waals surface area contributed by atoms with Gasteiger partial charge in [0.25, 0.3) is 6.43 Å². The van der Waals surface area contributed by atoms with E-state index in [4.69, 9.17) is 10.8 Å². The highest BCUT2D eigenvalue weighted by atomic mass is 19.3. The van der Waals surface area contributed by atoms with Gasteiger partial charge in [-0.15, -0.1) is 0 Å². The maximum absolute atomic E-state index is 12.3. The number of carbonyl (C=O) groups excluding carboxylic acids is 1. The molecule has 6 heteroatoms. The zero-order valence-corrected chi connectivity index (χ0v) is 11.8. The zero-order valence-electron chi connectivity index (χ0n) is 11.8. The van der Waals surface area contributed by atoms with Crippen molar-refractivity contribution in [1.29, 1.82) is 0 Å². The van der Waals surface area contributed by atoms with Crippen LogP contribution in [0.5, 0.6) is 0 Å². The Hall–Kier alpha value is -0.750. The maximum atomic E-state index is 12.3. The van der Waals surface area contributed by atoms with Gasteiger partial charge in [-0.05, 0) is 31.2 Å². The number of rotatable bonds is 10. The average Bonchev–Trinajstić information content (AvgIpc) is 2.32. The van der Waals surface area contributed by atoms with Gasteiger partial charge in [0.15, 0.2) is 0 Å². The third-order valence-electron chi connectivity index (χ3n) is 3.29. The number of carbonyl (C=O) groups is 1. The van der Waals surface area contributed by atoms with E-state index in [0.29, 0.717) is 24.8 Å². The fourth-order valence-corrected chi connectivity index (χ4v) is 2.10. The molecule has 1 atom stereocenters. The molecule has 4 nitrogen and oxygen atoms in total. The van der Waals surface area contributed by atoms with Crippen LogP contribution >= 0.6 is 0 Å². The molecular weight excluding hydrogens is 254 g/mol. The van der Waals surface area contributed by atoms with Crippen molar-refractivity contribution in [2.45, 2.75) is 39.5 Å². The summed E-state index contributed by atoms with van der Waals surface area (Å²) in [5.41, 5.74) is 5.52. The van der Waals surface area contributed by atoms with Gasteiger partial charge < -0.3 is 15.7 Å². The molecule has 0 saturated heterocycles. The molecular formula is C13H26F2N2O2. The topological polar surface area (TPSA) is 66.6 Å². The fourth-order valence-electron chi connectivity index (χ4n) is 2.10. The summed E-state index contributed by atoms with van der Waals surface area (Å²) in [5, 5.41) is 8.79. The minimum Gasteiger partial charge on any atom is -0.395 e. The van der Waals surface area contributed by atoms with Gasteiger partial charge >= 0.3 is 0 Å². The summed E-state index contributed by atoms with van der Waals surface area (Å²) < 4.78 is 24.6. The molecule has 0 rings (SSSR count). The van der Waals surface area contributed by atoms with Gasteiger partial charge in [-0.25, -0.2) is 8.78 Å². The fraction of sp³-hybridized carbons (Fsp3) is 0.923. The van der Waals surface area contributed by atoms with E-state index in [9.17, 15) is 13.6 Å². The Bertz CT molecular complexity index is 251. The molecule has 3 N–H and O–H groups in total. The van der Waals surface area contributed by atoms with Crippen LogP contribution in [0.4, 0.5) is 8.78 Å². The number of alkyl halides is 2. The van der Waals surface area contributed by atoms with Crippen molar-refractivity contribution >= 4 is 5.91 Å². The van der Waals surface area contributed by atoms with E-state index in [1.54, 1.807) is 0 Å². The van der Waals surface area contributed by atoms with Crippen molar-refractivity contribution in [3.8, 4) is 0 Å². The molecule has 1 amide bonds. The maximum Gasteiger partial charge on any atom is 0.255 e. The van der Waals surface area contributed by atoms with Crippen LogP contribution < -0.4 is 5.73 Å². The number of halogens is 2. The van der Waals surface area contributed by atoms with Crippen LogP contribution in [0.3, 0.4) is 0 Å². The first kappa shape index (κ1) is 18.2. The quantitative estimate of drug-likeness (QED) is 0.637. The number of nitrogens with two attached hydrogens (primary N) is 1. The van der Waals surface area contributed by atoms with E-state index in [0.717, 1.165) is 11.3 Å². The highest BCUT2D eigenvalue weighted by Crippen LogP contribution is 2.21. The summed E-state index contributed by atoms with van der Waals surface area (Å²) in [6, 6.07) is 0. The second-order valence-electron chi connectivity index (χ2n) is 5.07. The molecule has 19 heavy (non-hydrogen) atoms. The number of hydrogen-bond acceptors (Lipinski definition) is 3. The predicted octanol–water partition coefficient (Wildman–Crippen LogP) is 1.47. The lowest BCUT2D eigenvalue weighted by atomic mass is 9.88. The summed E-state index contributed by atoms with van der Waals surface area (Å²) in [6.45, 7) is 3.75. The van der Waals surface area contributed by atoms with Gasteiger partial charge in [0.05, 0.1) is 13.2 Å². The summed E-state index contributed by atoms with van der Waals surface area (Å²) in [6.07, 6.45) is -0.853. The van der Waals surface area contributed by atoms with Gasteiger partial charge in [-0.2, -0.15) is 0 Å². The molecule has 1 unspecified atom stereocenters. The molecule has 0 aromatic rings. The van der Waals surface area contributed by atoms with Crippen molar-refractivity contribution < 1.29 is 18.7 Å². The van der Waals surface area contributed by atoms with E-state index in [1.165, 1.54) is 0 Å². The molecule has 0 saturated carbocycles. The Balaban J connectivity index is 4.29. The third kappa shape index (κ3) is 8.10. The summed E-state index contributed by atoms with van der Waals surface area (Å²) in [5.74, 6) is 0.422. The number of nitrogens with zero attached hydrogens (tertiary/aromatic N) is 1. The number of hydrogen-bond donors (Lipinski definition) is 2. The molecule has 0 heterocycles. The van der Waals surface area contributed by atoms with Crippen molar-refractivity contribution in [3.63, 3.8) is 0 Å². The highest BCUT2D eigenvalue weighted by molar-refractivity contribution is 5.76. The Kier molecular flexibility index (Phi) is 9.69. The van der Waals surface area contributed by atoms with Crippen molar-refractivity contribution in [3.05, 3.63) is 0 Å². The van der Waals surface area contributed by atoms with Gasteiger partial charge in [0.2, 0.25) is 5.91 Å². The van der Waals surface area contributed by atoms with Crippen LogP contribution in [0.15, 0.2) is 0 Å². The van der Waals surface area contributed by atoms with Gasteiger partial charge in [0, 0.05) is 13.0 Å². The number of amides is 1. The van der Waals surface area contributed by atoms with Crippen LogP contribution in [-0.4, -0.2) is 48.6 Å². The molecule has 0 spiro atoms. The van der Waals surface area contributed by atoms with E-state index >= 15 is 0 Å². The summed E-state index contributed by atoms with van der Waals surface area (Å²) >= 11 is 0. The monoisotopic (exact) mass is 280 g/mol. The zero-order chi connectivity index (χ0) is 14.8. The van der Waals surface area contributed by atoms with Crippen LogP contribution in [0.1, 0.15) is 33.1 Å². The molecule has 114 valence electrons. The summed E-state index contributed by atoms with van der Waals surface area (Å²) in [7, 11) is 0. The van der Waals surface area contributed by atoms with Gasteiger partial charge in [-0.3, -0.25) is 4.79 Å². The molecule has 0 aliphatic heterocycles. The van der Waals surface area contributed by atoms with E-state index in [-0.39, 0.29) is 25.5 Å². The second kappa shape index (κ2) is 10.1. The highest BCUT2D eigenvalue weighted by Gasteiger charge is 2.20. The second-order valence-corrected chi connectivity index (χ2v) is 5.07. The lowest BCUT2D eigenvalue weighted by molar-refractivity contribution is -0.134. The normalized spacial score (nSPS) is 13.1.